The highest BCUT2D eigenvalue weighted by Crippen LogP contribution is 2.56. The molecule has 0 aliphatic heterocycles. The molecule has 2 fully saturated rings. The maximum Gasteiger partial charge on any atom is 0.310 e. The van der Waals surface area contributed by atoms with E-state index in [9.17, 15) is 4.79 Å². The largest absolute Gasteiger partial charge is 0.481 e. The number of carbonyl (C=O) groups is 1. The third kappa shape index (κ3) is 0.866. The number of hydrogen-bond donors (Lipinski definition) is 1. The summed E-state index contributed by atoms with van der Waals surface area (Å²) in [6.45, 7) is 0. The average molecular weight is 219 g/mol. The summed E-state index contributed by atoms with van der Waals surface area (Å²) in [6.07, 6.45) is 3.96. The Morgan fingerprint density at radius 1 is 1.64 bits per heavy atom. The van der Waals surface area contributed by atoms with Crippen molar-refractivity contribution in [2.75, 3.05) is 0 Å². The maximum absolute atomic E-state index is 11.0. The molecule has 0 aromatic carbocycles. The predicted molar refractivity (Wildman–Crippen MR) is 44.7 cm³/mol. The van der Waals surface area contributed by atoms with E-state index in [-0.39, 0.29) is 4.83 Å². The first-order chi connectivity index (χ1) is 5.15. The first-order valence-corrected chi connectivity index (χ1v) is 4.94. The Morgan fingerprint density at radius 3 is 2.64 bits per heavy atom. The topological polar surface area (TPSA) is 37.3 Å². The van der Waals surface area contributed by atoms with Gasteiger partial charge in [0.05, 0.1) is 5.41 Å². The van der Waals surface area contributed by atoms with Gasteiger partial charge in [0, 0.05) is 4.83 Å². The van der Waals surface area contributed by atoms with Gasteiger partial charge in [-0.1, -0.05) is 15.9 Å². The van der Waals surface area contributed by atoms with Gasteiger partial charge in [0.1, 0.15) is 0 Å². The van der Waals surface area contributed by atoms with Crippen molar-refractivity contribution >= 4 is 21.9 Å². The second-order valence-corrected chi connectivity index (χ2v) is 4.88. The van der Waals surface area contributed by atoms with Crippen LogP contribution in [0.2, 0.25) is 0 Å². The van der Waals surface area contributed by atoms with Gasteiger partial charge in [0.15, 0.2) is 0 Å². The number of halogens is 1. The molecule has 2 bridgehead atoms. The van der Waals surface area contributed by atoms with Crippen molar-refractivity contribution in [3.8, 4) is 0 Å². The van der Waals surface area contributed by atoms with Gasteiger partial charge < -0.3 is 5.11 Å². The fraction of sp³-hybridized carbons (Fsp3) is 0.875. The Balaban J connectivity index is 2.29. The number of aliphatic carboxylic acids is 1. The molecular formula is C8H11BrO2. The minimum absolute atomic E-state index is 0.228. The quantitative estimate of drug-likeness (QED) is 0.685. The molecule has 0 amide bonds. The van der Waals surface area contributed by atoms with Gasteiger partial charge in [-0.2, -0.15) is 0 Å². The van der Waals surface area contributed by atoms with Crippen molar-refractivity contribution in [2.24, 2.45) is 11.3 Å². The Hall–Kier alpha value is -0.0500. The van der Waals surface area contributed by atoms with Crippen LogP contribution in [-0.4, -0.2) is 15.9 Å². The van der Waals surface area contributed by atoms with Crippen molar-refractivity contribution < 1.29 is 9.90 Å². The van der Waals surface area contributed by atoms with Crippen molar-refractivity contribution in [3.63, 3.8) is 0 Å². The molecule has 0 spiro atoms. The van der Waals surface area contributed by atoms with E-state index >= 15 is 0 Å². The second-order valence-electron chi connectivity index (χ2n) is 3.77. The zero-order chi connectivity index (χ0) is 8.06. The summed E-state index contributed by atoms with van der Waals surface area (Å²) in [5.74, 6) is 0.0786. The summed E-state index contributed by atoms with van der Waals surface area (Å²) in [6, 6.07) is 0. The fourth-order valence-corrected chi connectivity index (χ4v) is 3.65. The van der Waals surface area contributed by atoms with Gasteiger partial charge in [-0.3, -0.25) is 4.79 Å². The van der Waals surface area contributed by atoms with Crippen LogP contribution in [0, 0.1) is 11.3 Å². The first kappa shape index (κ1) is 7.59. The molecule has 0 aromatic heterocycles. The highest BCUT2D eigenvalue weighted by molar-refractivity contribution is 9.09. The molecule has 0 unspecified atom stereocenters. The minimum atomic E-state index is -0.598. The van der Waals surface area contributed by atoms with E-state index in [4.69, 9.17) is 5.11 Å². The monoisotopic (exact) mass is 218 g/mol. The van der Waals surface area contributed by atoms with Gasteiger partial charge in [-0.15, -0.1) is 0 Å². The van der Waals surface area contributed by atoms with Gasteiger partial charge in [-0.25, -0.2) is 0 Å². The lowest BCUT2D eigenvalue weighted by atomic mass is 9.84. The van der Waals surface area contributed by atoms with Gasteiger partial charge in [0.25, 0.3) is 0 Å². The van der Waals surface area contributed by atoms with Crippen LogP contribution in [0.15, 0.2) is 0 Å². The summed E-state index contributed by atoms with van der Waals surface area (Å²) in [7, 11) is 0. The fourth-order valence-electron chi connectivity index (χ4n) is 2.51. The van der Waals surface area contributed by atoms with E-state index in [2.05, 4.69) is 15.9 Å². The highest BCUT2D eigenvalue weighted by Gasteiger charge is 2.56. The van der Waals surface area contributed by atoms with Crippen LogP contribution in [0.4, 0.5) is 0 Å². The molecule has 3 atom stereocenters. The van der Waals surface area contributed by atoms with Crippen LogP contribution < -0.4 is 0 Å². The zero-order valence-electron chi connectivity index (χ0n) is 6.22. The molecule has 2 rings (SSSR count). The van der Waals surface area contributed by atoms with E-state index in [0.29, 0.717) is 5.92 Å². The van der Waals surface area contributed by atoms with E-state index in [1.807, 2.05) is 0 Å². The lowest BCUT2D eigenvalue weighted by Crippen LogP contribution is -2.34. The Bertz CT molecular complexity index is 204. The van der Waals surface area contributed by atoms with Crippen LogP contribution in [0.25, 0.3) is 0 Å². The number of carboxylic acids is 1. The molecule has 0 saturated heterocycles. The summed E-state index contributed by atoms with van der Waals surface area (Å²) in [4.78, 5) is 11.2. The predicted octanol–water partition coefficient (Wildman–Crippen LogP) is 2.02. The lowest BCUT2D eigenvalue weighted by Gasteiger charge is -2.26. The SMILES string of the molecule is O=C(O)[C@@]12CC[C@H](C[C@H]1Br)C2. The summed E-state index contributed by atoms with van der Waals surface area (Å²) in [5, 5.41) is 9.03. The second kappa shape index (κ2) is 2.22. The molecule has 11 heavy (non-hydrogen) atoms. The summed E-state index contributed by atoms with van der Waals surface area (Å²) < 4.78 is 0. The van der Waals surface area contributed by atoms with E-state index in [1.165, 1.54) is 0 Å². The standard InChI is InChI=1S/C8H11BrO2/c9-6-3-5-1-2-8(6,4-5)7(10)11/h5-6H,1-4H2,(H,10,11)/t5-,6-,8-/m1/s1. The van der Waals surface area contributed by atoms with E-state index in [0.717, 1.165) is 25.7 Å². The molecule has 2 nitrogen and oxygen atoms in total. The first-order valence-electron chi connectivity index (χ1n) is 4.02. The zero-order valence-corrected chi connectivity index (χ0v) is 7.80. The van der Waals surface area contributed by atoms with Crippen molar-refractivity contribution in [2.45, 2.75) is 30.5 Å². The molecular weight excluding hydrogens is 208 g/mol. The molecule has 3 heteroatoms. The van der Waals surface area contributed by atoms with Crippen LogP contribution in [0.3, 0.4) is 0 Å². The normalized spacial score (nSPS) is 48.1. The van der Waals surface area contributed by atoms with E-state index in [1.54, 1.807) is 0 Å². The molecule has 62 valence electrons. The minimum Gasteiger partial charge on any atom is -0.481 e. The third-order valence-electron chi connectivity index (χ3n) is 3.22. The smallest absolute Gasteiger partial charge is 0.310 e. The van der Waals surface area contributed by atoms with Crippen molar-refractivity contribution in [1.29, 1.82) is 0 Å². The maximum atomic E-state index is 11.0. The van der Waals surface area contributed by atoms with Gasteiger partial charge in [0.2, 0.25) is 0 Å². The average Bonchev–Trinajstić information content (AvgIpc) is 2.43. The molecule has 1 N–H and O–H groups in total. The Labute approximate surface area is 74.1 Å². The molecule has 0 aromatic rings. The molecule has 0 heterocycles. The Kier molecular flexibility index (Phi) is 1.53. The van der Waals surface area contributed by atoms with Gasteiger partial charge >= 0.3 is 5.97 Å². The number of carboxylic acid groups (broad SMARTS) is 1. The van der Waals surface area contributed by atoms with Crippen LogP contribution >= 0.6 is 15.9 Å². The van der Waals surface area contributed by atoms with Gasteiger partial charge in [-0.05, 0) is 31.6 Å². The van der Waals surface area contributed by atoms with Crippen molar-refractivity contribution in [1.82, 2.24) is 0 Å². The highest BCUT2D eigenvalue weighted by atomic mass is 79.9. The van der Waals surface area contributed by atoms with Crippen LogP contribution in [0.5, 0.6) is 0 Å². The number of hydrogen-bond acceptors (Lipinski definition) is 1. The number of rotatable bonds is 1. The molecule has 0 radical (unpaired) electrons. The van der Waals surface area contributed by atoms with E-state index < -0.39 is 11.4 Å². The molecule has 2 saturated carbocycles. The Morgan fingerprint density at radius 2 is 2.36 bits per heavy atom. The van der Waals surface area contributed by atoms with Crippen molar-refractivity contribution in [3.05, 3.63) is 0 Å². The lowest BCUT2D eigenvalue weighted by molar-refractivity contribution is -0.147. The number of fused-ring (bicyclic) bond motifs is 2. The molecule has 2 aliphatic carbocycles. The van der Waals surface area contributed by atoms with Crippen LogP contribution in [-0.2, 0) is 4.79 Å². The molecule has 2 aliphatic rings. The summed E-state index contributed by atoms with van der Waals surface area (Å²) >= 11 is 3.47. The third-order valence-corrected chi connectivity index (χ3v) is 4.47. The summed E-state index contributed by atoms with van der Waals surface area (Å²) in [5.41, 5.74) is -0.398. The van der Waals surface area contributed by atoms with Crippen LogP contribution in [0.1, 0.15) is 25.7 Å². The number of alkyl halides is 1.